The van der Waals surface area contributed by atoms with E-state index in [1.807, 2.05) is 6.92 Å². The summed E-state index contributed by atoms with van der Waals surface area (Å²) in [6.45, 7) is 1.82. The molecule has 0 aromatic heterocycles. The number of halogens is 1. The third-order valence-electron chi connectivity index (χ3n) is 2.22. The molecule has 0 radical (unpaired) electrons. The van der Waals surface area contributed by atoms with Crippen LogP contribution in [0.2, 0.25) is 5.02 Å². The fourth-order valence-electron chi connectivity index (χ4n) is 1.39. The van der Waals surface area contributed by atoms with Gasteiger partial charge in [-0.15, -0.1) is 0 Å². The van der Waals surface area contributed by atoms with Crippen LogP contribution in [0.1, 0.15) is 23.7 Å². The minimum absolute atomic E-state index is 0.308. The molecule has 5 heteroatoms. The first-order valence-corrected chi connectivity index (χ1v) is 5.13. The second-order valence-corrected chi connectivity index (χ2v) is 4.04. The Labute approximate surface area is 98.1 Å². The molecule has 0 saturated heterocycles. The van der Waals surface area contributed by atoms with Crippen LogP contribution in [0.25, 0.3) is 0 Å². The van der Waals surface area contributed by atoms with Gasteiger partial charge in [-0.25, -0.2) is 0 Å². The van der Waals surface area contributed by atoms with Crippen molar-refractivity contribution in [2.24, 2.45) is 0 Å². The Balaban J connectivity index is 2.90. The normalized spacial score (nSPS) is 14.5. The van der Waals surface area contributed by atoms with E-state index >= 15 is 0 Å². The Morgan fingerprint density at radius 3 is 2.62 bits per heavy atom. The Bertz CT molecular complexity index is 392. The molecule has 1 rings (SSSR count). The van der Waals surface area contributed by atoms with Crippen molar-refractivity contribution in [3.8, 4) is 0 Å². The average Bonchev–Trinajstić information content (AvgIpc) is 2.19. The van der Waals surface area contributed by atoms with Crippen LogP contribution in [-0.2, 0) is 4.79 Å². The molecule has 16 heavy (non-hydrogen) atoms. The van der Waals surface area contributed by atoms with E-state index in [2.05, 4.69) is 0 Å². The molecule has 0 aliphatic heterocycles. The van der Waals surface area contributed by atoms with E-state index in [0.717, 1.165) is 5.56 Å². The SMILES string of the molecule is Cc1ccc(Cl)c(C(O)C(O)CC(=O)O)c1. The van der Waals surface area contributed by atoms with Gasteiger partial charge in [-0.2, -0.15) is 0 Å². The zero-order valence-corrected chi connectivity index (χ0v) is 9.48. The summed E-state index contributed by atoms with van der Waals surface area (Å²) in [5, 5.41) is 28.0. The molecular weight excluding hydrogens is 232 g/mol. The summed E-state index contributed by atoms with van der Waals surface area (Å²) in [6, 6.07) is 4.99. The van der Waals surface area contributed by atoms with Crippen LogP contribution in [-0.4, -0.2) is 27.4 Å². The van der Waals surface area contributed by atoms with Crippen LogP contribution in [0, 0.1) is 6.92 Å². The molecule has 1 aromatic carbocycles. The van der Waals surface area contributed by atoms with E-state index in [9.17, 15) is 15.0 Å². The molecule has 0 aliphatic rings. The van der Waals surface area contributed by atoms with Gasteiger partial charge in [0.1, 0.15) is 6.10 Å². The number of aliphatic carboxylic acids is 1. The average molecular weight is 245 g/mol. The van der Waals surface area contributed by atoms with Gasteiger partial charge in [-0.1, -0.05) is 29.3 Å². The number of benzene rings is 1. The number of carbonyl (C=O) groups is 1. The van der Waals surface area contributed by atoms with Crippen LogP contribution in [0.15, 0.2) is 18.2 Å². The van der Waals surface area contributed by atoms with Crippen molar-refractivity contribution in [1.82, 2.24) is 0 Å². The van der Waals surface area contributed by atoms with Gasteiger partial charge in [-0.3, -0.25) is 4.79 Å². The van der Waals surface area contributed by atoms with Crippen molar-refractivity contribution >= 4 is 17.6 Å². The largest absolute Gasteiger partial charge is 0.481 e. The topological polar surface area (TPSA) is 77.8 Å². The lowest BCUT2D eigenvalue weighted by Gasteiger charge is -2.18. The highest BCUT2D eigenvalue weighted by Crippen LogP contribution is 2.27. The summed E-state index contributed by atoms with van der Waals surface area (Å²) >= 11 is 5.85. The Morgan fingerprint density at radius 1 is 1.44 bits per heavy atom. The zero-order chi connectivity index (χ0) is 12.3. The molecule has 0 saturated carbocycles. The molecule has 2 unspecified atom stereocenters. The molecular formula is C11H13ClO4. The van der Waals surface area contributed by atoms with Crippen LogP contribution < -0.4 is 0 Å². The van der Waals surface area contributed by atoms with E-state index in [-0.39, 0.29) is 0 Å². The maximum Gasteiger partial charge on any atom is 0.306 e. The molecule has 0 spiro atoms. The maximum atomic E-state index is 10.4. The highest BCUT2D eigenvalue weighted by atomic mass is 35.5. The van der Waals surface area contributed by atoms with Gasteiger partial charge in [0.05, 0.1) is 12.5 Å². The van der Waals surface area contributed by atoms with Crippen LogP contribution in [0.3, 0.4) is 0 Å². The van der Waals surface area contributed by atoms with E-state index in [1.165, 1.54) is 0 Å². The first kappa shape index (κ1) is 13.0. The summed E-state index contributed by atoms with van der Waals surface area (Å²) in [4.78, 5) is 10.4. The Hall–Kier alpha value is -1.10. The highest BCUT2D eigenvalue weighted by molar-refractivity contribution is 6.31. The van der Waals surface area contributed by atoms with Gasteiger partial charge in [-0.05, 0) is 13.0 Å². The smallest absolute Gasteiger partial charge is 0.306 e. The monoisotopic (exact) mass is 244 g/mol. The van der Waals surface area contributed by atoms with Crippen molar-refractivity contribution in [2.75, 3.05) is 0 Å². The number of carboxylic acid groups (broad SMARTS) is 1. The first-order chi connectivity index (χ1) is 7.41. The van der Waals surface area contributed by atoms with Crippen LogP contribution >= 0.6 is 11.6 Å². The van der Waals surface area contributed by atoms with Gasteiger partial charge in [0, 0.05) is 10.6 Å². The third-order valence-corrected chi connectivity index (χ3v) is 2.56. The molecule has 0 bridgehead atoms. The molecule has 0 aliphatic carbocycles. The molecule has 2 atom stereocenters. The summed E-state index contributed by atoms with van der Waals surface area (Å²) < 4.78 is 0. The van der Waals surface area contributed by atoms with E-state index in [1.54, 1.807) is 18.2 Å². The summed E-state index contributed by atoms with van der Waals surface area (Å²) in [7, 11) is 0. The Morgan fingerprint density at radius 2 is 2.06 bits per heavy atom. The fraction of sp³-hybridized carbons (Fsp3) is 0.364. The summed E-state index contributed by atoms with van der Waals surface area (Å²) in [5.41, 5.74) is 1.22. The molecule has 0 fully saturated rings. The Kier molecular flexibility index (Phi) is 4.29. The zero-order valence-electron chi connectivity index (χ0n) is 8.72. The van der Waals surface area contributed by atoms with Gasteiger partial charge < -0.3 is 15.3 Å². The predicted molar refractivity (Wildman–Crippen MR) is 59.4 cm³/mol. The van der Waals surface area contributed by atoms with Crippen molar-refractivity contribution in [3.05, 3.63) is 34.3 Å². The number of hydrogen-bond donors (Lipinski definition) is 3. The van der Waals surface area contributed by atoms with Crippen molar-refractivity contribution in [1.29, 1.82) is 0 Å². The molecule has 1 aromatic rings. The van der Waals surface area contributed by atoms with Crippen molar-refractivity contribution < 1.29 is 20.1 Å². The summed E-state index contributed by atoms with van der Waals surface area (Å²) in [5.74, 6) is -1.17. The highest BCUT2D eigenvalue weighted by Gasteiger charge is 2.23. The van der Waals surface area contributed by atoms with Gasteiger partial charge >= 0.3 is 5.97 Å². The van der Waals surface area contributed by atoms with Crippen LogP contribution in [0.4, 0.5) is 0 Å². The molecule has 88 valence electrons. The van der Waals surface area contributed by atoms with Gasteiger partial charge in [0.15, 0.2) is 0 Å². The lowest BCUT2D eigenvalue weighted by molar-refractivity contribution is -0.141. The second-order valence-electron chi connectivity index (χ2n) is 3.64. The molecule has 4 nitrogen and oxygen atoms in total. The maximum absolute atomic E-state index is 10.4. The lowest BCUT2D eigenvalue weighted by Crippen LogP contribution is -2.22. The first-order valence-electron chi connectivity index (χ1n) is 4.75. The minimum atomic E-state index is -1.36. The second kappa shape index (κ2) is 5.30. The van der Waals surface area contributed by atoms with Gasteiger partial charge in [0.2, 0.25) is 0 Å². The third kappa shape index (κ3) is 3.20. The van der Waals surface area contributed by atoms with E-state index in [0.29, 0.717) is 10.6 Å². The van der Waals surface area contributed by atoms with Crippen molar-refractivity contribution in [3.63, 3.8) is 0 Å². The van der Waals surface area contributed by atoms with Crippen molar-refractivity contribution in [2.45, 2.75) is 25.6 Å². The lowest BCUT2D eigenvalue weighted by atomic mass is 10.0. The standard InChI is InChI=1S/C11H13ClO4/c1-6-2-3-8(12)7(4-6)11(16)9(13)5-10(14)15/h2-4,9,11,13,16H,5H2,1H3,(H,14,15). The van der Waals surface area contributed by atoms with Crippen LogP contribution in [0.5, 0.6) is 0 Å². The quantitative estimate of drug-likeness (QED) is 0.750. The number of aryl methyl sites for hydroxylation is 1. The fourth-order valence-corrected chi connectivity index (χ4v) is 1.62. The predicted octanol–water partition coefficient (Wildman–Crippen LogP) is 1.52. The summed E-state index contributed by atoms with van der Waals surface area (Å²) in [6.07, 6.45) is -3.17. The number of carboxylic acids is 1. The van der Waals surface area contributed by atoms with E-state index < -0.39 is 24.6 Å². The number of aliphatic hydroxyl groups is 2. The molecule has 0 amide bonds. The minimum Gasteiger partial charge on any atom is -0.481 e. The van der Waals surface area contributed by atoms with Gasteiger partial charge in [0.25, 0.3) is 0 Å². The number of rotatable bonds is 4. The molecule has 0 heterocycles. The number of hydrogen-bond acceptors (Lipinski definition) is 3. The van der Waals surface area contributed by atoms with E-state index in [4.69, 9.17) is 16.7 Å². The number of aliphatic hydroxyl groups excluding tert-OH is 2. The molecule has 3 N–H and O–H groups in total.